The smallest absolute Gasteiger partial charge is 0.265 e. The second kappa shape index (κ2) is 15.4. The molecule has 1 amide bonds. The van der Waals surface area contributed by atoms with Crippen LogP contribution in [0.4, 0.5) is 11.4 Å². The molecule has 11 heteroatoms. The number of hydrogen-bond acceptors (Lipinski definition) is 7. The Kier molecular flexibility index (Phi) is 11.3. The highest BCUT2D eigenvalue weighted by atomic mass is 35.5. The number of aliphatic carboxylic acids is 1. The summed E-state index contributed by atoms with van der Waals surface area (Å²) < 4.78 is 3.52. The van der Waals surface area contributed by atoms with Crippen LogP contribution in [-0.2, 0) is 22.6 Å². The number of unbranched alkanes of at least 4 members (excludes halogenated alkanes) is 1. The third kappa shape index (κ3) is 8.33. The maximum atomic E-state index is 12.6. The van der Waals surface area contributed by atoms with Crippen LogP contribution in [0.1, 0.15) is 43.7 Å². The number of benzene rings is 3. The molecule has 0 spiro atoms. The molecule has 0 saturated carbocycles. The monoisotopic (exact) mass is 682 g/mol. The molecule has 0 saturated heterocycles. The summed E-state index contributed by atoms with van der Waals surface area (Å²) in [7, 11) is 0. The number of carboxylic acids is 1. The van der Waals surface area contributed by atoms with Gasteiger partial charge < -0.3 is 25.0 Å². The number of halogens is 2. The summed E-state index contributed by atoms with van der Waals surface area (Å²) in [6.45, 7) is 7.78. The van der Waals surface area contributed by atoms with E-state index in [0.717, 1.165) is 59.4 Å². The molecule has 4 aromatic rings. The van der Waals surface area contributed by atoms with E-state index >= 15 is 0 Å². The second-order valence-electron chi connectivity index (χ2n) is 10.7. The van der Waals surface area contributed by atoms with Gasteiger partial charge in [-0.1, -0.05) is 58.4 Å². The van der Waals surface area contributed by atoms with Crippen molar-refractivity contribution in [3.05, 3.63) is 86.3 Å². The van der Waals surface area contributed by atoms with E-state index in [9.17, 15) is 14.7 Å². The number of aryl methyl sites for hydroxylation is 1. The lowest BCUT2D eigenvalue weighted by Crippen LogP contribution is -2.36. The van der Waals surface area contributed by atoms with Crippen LogP contribution in [0.5, 0.6) is 0 Å². The molecule has 3 aromatic carbocycles. The van der Waals surface area contributed by atoms with Gasteiger partial charge in [0.05, 0.1) is 16.8 Å². The highest BCUT2D eigenvalue weighted by Crippen LogP contribution is 2.47. The van der Waals surface area contributed by atoms with Crippen LogP contribution < -0.4 is 24.8 Å². The van der Waals surface area contributed by atoms with Crippen LogP contribution in [0.15, 0.2) is 70.6 Å². The summed E-state index contributed by atoms with van der Waals surface area (Å²) in [5.74, 6) is -1.08. The summed E-state index contributed by atoms with van der Waals surface area (Å²) >= 11 is 16.2. The van der Waals surface area contributed by atoms with E-state index in [1.54, 1.807) is 35.2 Å². The van der Waals surface area contributed by atoms with E-state index < -0.39 is 5.97 Å². The van der Waals surface area contributed by atoms with Crippen molar-refractivity contribution in [2.45, 2.75) is 51.0 Å². The number of carboxylic acid groups (broad SMARTS) is 1. The van der Waals surface area contributed by atoms with Gasteiger partial charge in [0.1, 0.15) is 4.70 Å². The molecule has 7 nitrogen and oxygen atoms in total. The summed E-state index contributed by atoms with van der Waals surface area (Å²) in [5, 5.41) is 17.7. The lowest BCUT2D eigenvalue weighted by atomic mass is 10.1. The van der Waals surface area contributed by atoms with Crippen molar-refractivity contribution >= 4 is 85.8 Å². The Morgan fingerprint density at radius 1 is 1.02 bits per heavy atom. The molecule has 0 atom stereocenters. The summed E-state index contributed by atoms with van der Waals surface area (Å²) in [6.07, 6.45) is 4.29. The topological polar surface area (TPSA) is 79.6 Å². The van der Waals surface area contributed by atoms with Gasteiger partial charge in [-0.05, 0) is 68.3 Å². The number of hydrogen-bond donors (Lipinski definition) is 1. The van der Waals surface area contributed by atoms with E-state index in [2.05, 4.69) is 44.8 Å². The van der Waals surface area contributed by atoms with Crippen LogP contribution in [-0.4, -0.2) is 38.1 Å². The first kappa shape index (κ1) is 33.1. The standard InChI is InChI=1S/C34H36Cl2N4O3S2/c1-3-38(26-11-7-23(8-12-26)19-34(42)43)18-15-31(41)37-16-5-6-17-40-28-21-25(36)10-14-30(28)45-33(40)22-32-39(4-2)27-20-24(35)9-13-29(27)44-32/h7-14,20-22H,3-6,15-19H2,1-2H3,(H-,37,41,42,43). The van der Waals surface area contributed by atoms with Gasteiger partial charge in [0.2, 0.25) is 11.4 Å². The van der Waals surface area contributed by atoms with Crippen molar-refractivity contribution in [2.24, 2.45) is 0 Å². The highest BCUT2D eigenvalue weighted by molar-refractivity contribution is 8.03. The summed E-state index contributed by atoms with van der Waals surface area (Å²) in [6, 6.07) is 19.5. The molecular formula is C34H36Cl2N4O3S2. The Labute approximate surface area is 282 Å². The lowest BCUT2D eigenvalue weighted by molar-refractivity contribution is -0.669. The minimum atomic E-state index is -1.10. The molecule has 0 bridgehead atoms. The van der Waals surface area contributed by atoms with Crippen molar-refractivity contribution in [2.75, 3.05) is 36.0 Å². The van der Waals surface area contributed by atoms with E-state index in [4.69, 9.17) is 23.2 Å². The molecule has 1 aliphatic rings. The van der Waals surface area contributed by atoms with Crippen molar-refractivity contribution in [1.82, 2.24) is 5.32 Å². The number of thiazole rings is 1. The van der Waals surface area contributed by atoms with Crippen molar-refractivity contribution in [3.8, 4) is 0 Å². The molecule has 0 fully saturated rings. The average molecular weight is 684 g/mol. The van der Waals surface area contributed by atoms with Gasteiger partial charge in [0, 0.05) is 78.1 Å². The van der Waals surface area contributed by atoms with E-state index in [-0.39, 0.29) is 12.3 Å². The third-order valence-electron chi connectivity index (χ3n) is 7.72. The van der Waals surface area contributed by atoms with Gasteiger partial charge in [-0.25, -0.2) is 0 Å². The number of nitrogens with one attached hydrogen (secondary N) is 1. The molecule has 0 unspecified atom stereocenters. The van der Waals surface area contributed by atoms with Gasteiger partial charge in [-0.15, -0.1) is 0 Å². The molecule has 5 rings (SSSR count). The van der Waals surface area contributed by atoms with Crippen LogP contribution in [0.25, 0.3) is 16.3 Å². The number of fused-ring (bicyclic) bond motifs is 2. The zero-order valence-electron chi connectivity index (χ0n) is 25.4. The Hall–Kier alpha value is -3.24. The number of anilines is 2. The molecular weight excluding hydrogens is 647 g/mol. The first-order valence-electron chi connectivity index (χ1n) is 15.1. The van der Waals surface area contributed by atoms with Crippen molar-refractivity contribution < 1.29 is 19.3 Å². The van der Waals surface area contributed by atoms with E-state index in [1.165, 1.54) is 14.6 Å². The quantitative estimate of drug-likeness (QED) is 0.120. The minimum absolute atomic E-state index is 0.0189. The normalized spacial score (nSPS) is 13.4. The fourth-order valence-electron chi connectivity index (χ4n) is 5.43. The predicted octanol–water partition coefficient (Wildman–Crippen LogP) is 6.53. The van der Waals surface area contributed by atoms with Gasteiger partial charge in [0.15, 0.2) is 6.54 Å². The molecule has 0 aliphatic carbocycles. The van der Waals surface area contributed by atoms with Crippen molar-refractivity contribution in [3.63, 3.8) is 0 Å². The Balaban J connectivity index is 1.17. The molecule has 1 aromatic heterocycles. The van der Waals surface area contributed by atoms with Crippen molar-refractivity contribution in [1.29, 1.82) is 0 Å². The number of amides is 1. The third-order valence-corrected chi connectivity index (χ3v) is 10.4. The van der Waals surface area contributed by atoms with Crippen LogP contribution >= 0.6 is 46.3 Å². The predicted molar refractivity (Wildman–Crippen MR) is 185 cm³/mol. The maximum absolute atomic E-state index is 12.6. The summed E-state index contributed by atoms with van der Waals surface area (Å²) in [4.78, 5) is 29.1. The fraction of sp³-hybridized carbons (Fsp3) is 0.324. The molecule has 45 heavy (non-hydrogen) atoms. The fourth-order valence-corrected chi connectivity index (χ4v) is 8.09. The Morgan fingerprint density at radius 3 is 2.51 bits per heavy atom. The first-order chi connectivity index (χ1) is 21.7. The van der Waals surface area contributed by atoms with E-state index in [1.807, 2.05) is 43.3 Å². The Bertz CT molecular complexity index is 1710. The Morgan fingerprint density at radius 2 is 1.78 bits per heavy atom. The van der Waals surface area contributed by atoms with Crippen LogP contribution in [0.3, 0.4) is 0 Å². The molecule has 1 aliphatic heterocycles. The van der Waals surface area contributed by atoms with Gasteiger partial charge in [-0.2, -0.15) is 4.57 Å². The maximum Gasteiger partial charge on any atom is 0.265 e. The number of thioether (sulfide) groups is 1. The molecule has 1 N–H and O–H groups in total. The molecule has 2 heterocycles. The minimum Gasteiger partial charge on any atom is -0.550 e. The number of carbonyl (C=O) groups excluding carboxylic acids is 2. The van der Waals surface area contributed by atoms with Gasteiger partial charge >= 0.3 is 0 Å². The zero-order valence-corrected chi connectivity index (χ0v) is 28.5. The van der Waals surface area contributed by atoms with Crippen LogP contribution in [0, 0.1) is 0 Å². The zero-order chi connectivity index (χ0) is 31.9. The number of carbonyl (C=O) groups is 2. The number of rotatable bonds is 14. The van der Waals surface area contributed by atoms with Gasteiger partial charge in [0.25, 0.3) is 5.01 Å². The molecule has 236 valence electrons. The number of nitrogens with zero attached hydrogens (tertiary/aromatic N) is 3. The lowest BCUT2D eigenvalue weighted by Gasteiger charge is -2.23. The average Bonchev–Trinajstić information content (AvgIpc) is 3.53. The number of aromatic nitrogens is 1. The van der Waals surface area contributed by atoms with Gasteiger partial charge in [-0.3, -0.25) is 4.79 Å². The summed E-state index contributed by atoms with van der Waals surface area (Å²) in [5.41, 5.74) is 3.91. The largest absolute Gasteiger partial charge is 0.550 e. The van der Waals surface area contributed by atoms with Crippen LogP contribution in [0.2, 0.25) is 10.0 Å². The second-order valence-corrected chi connectivity index (χ2v) is 13.7. The highest BCUT2D eigenvalue weighted by Gasteiger charge is 2.27. The first-order valence-corrected chi connectivity index (χ1v) is 17.5. The molecule has 0 radical (unpaired) electrons. The SMILES string of the molecule is CCN(CCC(=O)NCCCC[n+]1c(/C=C2\Sc3ccc(Cl)cc3N2CC)sc2ccc(Cl)cc21)c1ccc(CC(=O)[O-])cc1. The van der Waals surface area contributed by atoms with E-state index in [0.29, 0.717) is 30.1 Å².